The minimum absolute atomic E-state index is 0.0597. The molecule has 2 unspecified atom stereocenters. The van der Waals surface area contributed by atoms with Gasteiger partial charge in [0, 0.05) is 7.11 Å². The maximum Gasteiger partial charge on any atom is 0.290 e. The first-order valence-electron chi connectivity index (χ1n) is 4.92. The van der Waals surface area contributed by atoms with Crippen LogP contribution in [0.4, 0.5) is 4.79 Å². The third-order valence-electron chi connectivity index (χ3n) is 2.36. The van der Waals surface area contributed by atoms with Crippen molar-refractivity contribution in [1.29, 1.82) is 0 Å². The molecule has 0 bridgehead atoms. The topological polar surface area (TPSA) is 55.4 Å². The average molecular weight is 363 g/mol. The van der Waals surface area contributed by atoms with Crippen molar-refractivity contribution in [2.24, 2.45) is 0 Å². The first-order valence-corrected chi connectivity index (χ1v) is 6.98. The van der Waals surface area contributed by atoms with Crippen LogP contribution in [0.1, 0.15) is 0 Å². The van der Waals surface area contributed by atoms with Gasteiger partial charge in [-0.15, -0.1) is 0 Å². The van der Waals surface area contributed by atoms with Crippen LogP contribution in [-0.4, -0.2) is 28.3 Å². The number of thioether (sulfide) groups is 1. The maximum atomic E-state index is 11.4. The molecule has 4 nitrogen and oxygen atoms in total. The van der Waals surface area contributed by atoms with Crippen molar-refractivity contribution in [1.82, 2.24) is 5.32 Å². The summed E-state index contributed by atoms with van der Waals surface area (Å²) in [5.74, 6) is -0.326. The van der Waals surface area contributed by atoms with Crippen LogP contribution < -0.4 is 5.32 Å². The van der Waals surface area contributed by atoms with E-state index < -0.39 is 0 Å². The number of allylic oxidation sites excluding steroid dienone is 3. The Hall–Kier alpha value is -0.600. The molecular weight excluding hydrogens is 353 g/mol. The van der Waals surface area contributed by atoms with E-state index in [1.54, 1.807) is 13.2 Å². The van der Waals surface area contributed by atoms with E-state index >= 15 is 0 Å². The van der Waals surface area contributed by atoms with Gasteiger partial charge in [-0.1, -0.05) is 40.8 Å². The van der Waals surface area contributed by atoms with Crippen molar-refractivity contribution >= 4 is 45.5 Å². The van der Waals surface area contributed by atoms with Gasteiger partial charge >= 0.3 is 0 Å². The molecule has 17 heavy (non-hydrogen) atoms. The fourth-order valence-electron chi connectivity index (χ4n) is 1.52. The average Bonchev–Trinajstić information content (AvgIpc) is 2.58. The van der Waals surface area contributed by atoms with Crippen molar-refractivity contribution in [2.75, 3.05) is 7.11 Å². The Labute approximate surface area is 117 Å². The lowest BCUT2D eigenvalue weighted by atomic mass is 10.0. The fraction of sp³-hybridized carbons (Fsp3) is 0.273. The van der Waals surface area contributed by atoms with Crippen LogP contribution in [0, 0.1) is 0 Å². The summed E-state index contributed by atoms with van der Waals surface area (Å²) in [4.78, 5) is 22.8. The number of hydrogen-bond donors (Lipinski definition) is 1. The van der Waals surface area contributed by atoms with Crippen molar-refractivity contribution < 1.29 is 14.3 Å². The monoisotopic (exact) mass is 363 g/mol. The summed E-state index contributed by atoms with van der Waals surface area (Å²) in [7, 11) is 1.66. The van der Waals surface area contributed by atoms with E-state index in [0.717, 1.165) is 17.3 Å². The Morgan fingerprint density at radius 3 is 2.82 bits per heavy atom. The molecule has 2 atom stereocenters. The molecule has 1 aliphatic carbocycles. The molecule has 2 amide bonds. The van der Waals surface area contributed by atoms with Gasteiger partial charge in [-0.2, -0.15) is 0 Å². The third kappa shape index (κ3) is 2.99. The molecule has 1 saturated heterocycles. The van der Waals surface area contributed by atoms with Crippen LogP contribution in [0.5, 0.6) is 0 Å². The summed E-state index contributed by atoms with van der Waals surface area (Å²) in [6, 6.07) is 0. The summed E-state index contributed by atoms with van der Waals surface area (Å²) in [6.45, 7) is 0. The quantitative estimate of drug-likeness (QED) is 0.464. The lowest BCUT2D eigenvalue weighted by Gasteiger charge is -2.19. The van der Waals surface area contributed by atoms with Crippen molar-refractivity contribution in [3.8, 4) is 0 Å². The van der Waals surface area contributed by atoms with E-state index in [-0.39, 0.29) is 21.2 Å². The molecular formula is C11H10INO3S. The molecule has 0 spiro atoms. The lowest BCUT2D eigenvalue weighted by molar-refractivity contribution is -0.115. The SMILES string of the molecule is COC1C=CC(C=C2SC(=O)NC2=O)=CC1I. The van der Waals surface area contributed by atoms with Gasteiger partial charge in [0.1, 0.15) is 0 Å². The third-order valence-corrected chi connectivity index (χ3v) is 4.23. The molecule has 0 aromatic carbocycles. The Morgan fingerprint density at radius 1 is 1.53 bits per heavy atom. The van der Waals surface area contributed by atoms with Gasteiger partial charge < -0.3 is 4.74 Å². The Bertz CT molecular complexity index is 456. The summed E-state index contributed by atoms with van der Waals surface area (Å²) < 4.78 is 5.48. The van der Waals surface area contributed by atoms with E-state index in [2.05, 4.69) is 27.9 Å². The summed E-state index contributed by atoms with van der Waals surface area (Å²) in [5.41, 5.74) is 0.921. The minimum atomic E-state index is -0.326. The second-order valence-corrected chi connectivity index (χ2v) is 5.98. The largest absolute Gasteiger partial charge is 0.376 e. The zero-order valence-corrected chi connectivity index (χ0v) is 11.9. The molecule has 0 aromatic heterocycles. The number of halogens is 1. The Balaban J connectivity index is 2.16. The maximum absolute atomic E-state index is 11.4. The van der Waals surface area contributed by atoms with Gasteiger partial charge in [0.05, 0.1) is 14.9 Å². The van der Waals surface area contributed by atoms with Gasteiger partial charge in [0.15, 0.2) is 0 Å². The number of alkyl halides is 1. The minimum Gasteiger partial charge on any atom is -0.376 e. The van der Waals surface area contributed by atoms with Crippen LogP contribution in [-0.2, 0) is 9.53 Å². The predicted octanol–water partition coefficient (Wildman–Crippen LogP) is 2.17. The number of carbonyl (C=O) groups excluding carboxylic acids is 2. The molecule has 2 aliphatic rings. The number of hydrogen-bond acceptors (Lipinski definition) is 4. The van der Waals surface area contributed by atoms with E-state index in [0.29, 0.717) is 4.91 Å². The van der Waals surface area contributed by atoms with Gasteiger partial charge in [0.25, 0.3) is 11.1 Å². The molecule has 90 valence electrons. The fourth-order valence-corrected chi connectivity index (χ4v) is 3.15. The molecule has 0 aromatic rings. The first-order chi connectivity index (χ1) is 8.10. The van der Waals surface area contributed by atoms with E-state index in [9.17, 15) is 9.59 Å². The zero-order valence-electron chi connectivity index (χ0n) is 8.98. The van der Waals surface area contributed by atoms with Crippen molar-refractivity contribution in [3.63, 3.8) is 0 Å². The smallest absolute Gasteiger partial charge is 0.290 e. The van der Waals surface area contributed by atoms with Gasteiger partial charge in [-0.25, -0.2) is 0 Å². The number of imide groups is 1. The predicted molar refractivity (Wildman–Crippen MR) is 75.0 cm³/mol. The summed E-state index contributed by atoms with van der Waals surface area (Å²) >= 11 is 3.20. The second kappa shape index (κ2) is 5.36. The van der Waals surface area contributed by atoms with Gasteiger partial charge in [0.2, 0.25) is 0 Å². The van der Waals surface area contributed by atoms with Crippen LogP contribution in [0.15, 0.2) is 34.8 Å². The Morgan fingerprint density at radius 2 is 2.29 bits per heavy atom. The van der Waals surface area contributed by atoms with E-state index in [1.807, 2.05) is 18.2 Å². The molecule has 1 aliphatic heterocycles. The van der Waals surface area contributed by atoms with E-state index in [1.165, 1.54) is 0 Å². The summed E-state index contributed by atoms with van der Waals surface area (Å²) in [5, 5.41) is 1.91. The van der Waals surface area contributed by atoms with Crippen LogP contribution in [0.2, 0.25) is 0 Å². The highest BCUT2D eigenvalue weighted by Gasteiger charge is 2.25. The van der Waals surface area contributed by atoms with Crippen LogP contribution in [0.25, 0.3) is 0 Å². The Kier molecular flexibility index (Phi) is 4.05. The number of rotatable bonds is 2. The molecule has 1 N–H and O–H groups in total. The van der Waals surface area contributed by atoms with Crippen LogP contribution >= 0.6 is 34.4 Å². The number of methoxy groups -OCH3 is 1. The van der Waals surface area contributed by atoms with Crippen molar-refractivity contribution in [3.05, 3.63) is 34.8 Å². The molecule has 1 fully saturated rings. The zero-order chi connectivity index (χ0) is 12.4. The summed E-state index contributed by atoms with van der Waals surface area (Å²) in [6.07, 6.45) is 7.64. The highest BCUT2D eigenvalue weighted by Crippen LogP contribution is 2.27. The number of amides is 2. The second-order valence-electron chi connectivity index (χ2n) is 3.52. The molecule has 6 heteroatoms. The highest BCUT2D eigenvalue weighted by atomic mass is 127. The van der Waals surface area contributed by atoms with Crippen LogP contribution in [0.3, 0.4) is 0 Å². The number of carbonyl (C=O) groups is 2. The molecule has 2 rings (SSSR count). The molecule has 1 heterocycles. The molecule has 0 saturated carbocycles. The molecule has 0 radical (unpaired) electrons. The van der Waals surface area contributed by atoms with Crippen molar-refractivity contribution in [2.45, 2.75) is 10.0 Å². The van der Waals surface area contributed by atoms with E-state index in [4.69, 9.17) is 4.74 Å². The normalized spacial score (nSPS) is 30.7. The standard InChI is InChI=1S/C11H10INO3S/c1-16-8-3-2-6(4-7(8)12)5-9-10(14)13-11(15)17-9/h2-5,7-8H,1H3,(H,13,14,15). The highest BCUT2D eigenvalue weighted by molar-refractivity contribution is 14.1. The number of nitrogens with one attached hydrogen (secondary N) is 1. The lowest BCUT2D eigenvalue weighted by Crippen LogP contribution is -2.21. The number of ether oxygens (including phenoxy) is 1. The van der Waals surface area contributed by atoms with Gasteiger partial charge in [-0.3, -0.25) is 14.9 Å². The van der Waals surface area contributed by atoms with Gasteiger partial charge in [-0.05, 0) is 23.4 Å². The first kappa shape index (κ1) is 12.8.